The van der Waals surface area contributed by atoms with Gasteiger partial charge in [-0.2, -0.15) is 0 Å². The van der Waals surface area contributed by atoms with Gasteiger partial charge >= 0.3 is 0 Å². The van der Waals surface area contributed by atoms with Gasteiger partial charge in [0.05, 0.1) is 12.0 Å². The Labute approximate surface area is 82.9 Å². The topological polar surface area (TPSA) is 43.4 Å². The molecule has 74 valence electrons. The molecule has 0 fully saturated rings. The number of allylic oxidation sites excluding steroid dienone is 1. The van der Waals surface area contributed by atoms with Crippen molar-refractivity contribution in [3.05, 3.63) is 29.2 Å². The van der Waals surface area contributed by atoms with E-state index in [1.165, 1.54) is 12.5 Å². The Kier molecular flexibility index (Phi) is 1.89. The lowest BCUT2D eigenvalue weighted by molar-refractivity contribution is 0.412. The van der Waals surface area contributed by atoms with E-state index in [2.05, 4.69) is 0 Å². The minimum atomic E-state index is -3.23. The molecular formula is C10H10O3S. The van der Waals surface area contributed by atoms with E-state index in [1.807, 2.05) is 0 Å². The van der Waals surface area contributed by atoms with Gasteiger partial charge < -0.3 is 4.74 Å². The van der Waals surface area contributed by atoms with E-state index in [-0.39, 0.29) is 0 Å². The van der Waals surface area contributed by atoms with Crippen LogP contribution in [0.25, 0.3) is 5.57 Å². The minimum Gasteiger partial charge on any atom is -0.496 e. The van der Waals surface area contributed by atoms with Crippen LogP contribution in [0.15, 0.2) is 28.5 Å². The molecule has 1 heterocycles. The van der Waals surface area contributed by atoms with Crippen LogP contribution in [0.1, 0.15) is 12.5 Å². The fourth-order valence-corrected chi connectivity index (χ4v) is 3.19. The molecule has 1 aliphatic rings. The van der Waals surface area contributed by atoms with E-state index in [4.69, 9.17) is 4.74 Å². The summed E-state index contributed by atoms with van der Waals surface area (Å²) >= 11 is 0. The highest BCUT2D eigenvalue weighted by atomic mass is 32.2. The maximum Gasteiger partial charge on any atom is 0.200 e. The van der Waals surface area contributed by atoms with E-state index < -0.39 is 9.84 Å². The second kappa shape index (κ2) is 2.85. The molecule has 0 amide bonds. The van der Waals surface area contributed by atoms with Crippen LogP contribution >= 0.6 is 0 Å². The van der Waals surface area contributed by atoms with Gasteiger partial charge in [0.15, 0.2) is 0 Å². The largest absolute Gasteiger partial charge is 0.496 e. The Bertz CT molecular complexity index is 512. The second-order valence-electron chi connectivity index (χ2n) is 3.18. The summed E-state index contributed by atoms with van der Waals surface area (Å²) in [6.07, 6.45) is 0. The Morgan fingerprint density at radius 2 is 2.00 bits per heavy atom. The third-order valence-corrected chi connectivity index (χ3v) is 3.86. The van der Waals surface area contributed by atoms with Crippen LogP contribution in [0, 0.1) is 0 Å². The van der Waals surface area contributed by atoms with E-state index in [9.17, 15) is 8.42 Å². The van der Waals surface area contributed by atoms with Gasteiger partial charge in [0.1, 0.15) is 5.75 Å². The van der Waals surface area contributed by atoms with Crippen molar-refractivity contribution in [3.63, 3.8) is 0 Å². The van der Waals surface area contributed by atoms with Gasteiger partial charge in [0.25, 0.3) is 0 Å². The molecule has 0 saturated heterocycles. The molecule has 1 aromatic rings. The first-order valence-electron chi connectivity index (χ1n) is 4.17. The molecule has 0 aliphatic carbocycles. The van der Waals surface area contributed by atoms with Crippen LogP contribution in [0.3, 0.4) is 0 Å². The molecule has 0 N–H and O–H groups in total. The molecule has 0 unspecified atom stereocenters. The molecular weight excluding hydrogens is 200 g/mol. The average molecular weight is 210 g/mol. The van der Waals surface area contributed by atoms with Gasteiger partial charge in [0, 0.05) is 11.0 Å². The monoisotopic (exact) mass is 210 g/mol. The van der Waals surface area contributed by atoms with E-state index in [1.54, 1.807) is 25.1 Å². The summed E-state index contributed by atoms with van der Waals surface area (Å²) in [5.74, 6) is 0.609. The third kappa shape index (κ3) is 1.14. The molecule has 1 aliphatic heterocycles. The summed E-state index contributed by atoms with van der Waals surface area (Å²) in [6, 6.07) is 5.04. The number of hydrogen-bond acceptors (Lipinski definition) is 3. The number of rotatable bonds is 1. The Balaban J connectivity index is 2.82. The molecule has 14 heavy (non-hydrogen) atoms. The Morgan fingerprint density at radius 1 is 1.29 bits per heavy atom. The van der Waals surface area contributed by atoms with E-state index >= 15 is 0 Å². The first kappa shape index (κ1) is 9.27. The van der Waals surface area contributed by atoms with Crippen molar-refractivity contribution in [1.82, 2.24) is 0 Å². The first-order valence-corrected chi connectivity index (χ1v) is 5.71. The normalized spacial score (nSPS) is 17.4. The highest BCUT2D eigenvalue weighted by Gasteiger charge is 2.27. The number of methoxy groups -OCH3 is 1. The van der Waals surface area contributed by atoms with Crippen molar-refractivity contribution in [1.29, 1.82) is 0 Å². The fraction of sp³-hybridized carbons (Fsp3) is 0.200. The standard InChI is InChI=1S/C10H10O3S/c1-7-6-14(11,12)9-5-3-4-8(13-2)10(7)9/h3-6H,1-2H3. The second-order valence-corrected chi connectivity index (χ2v) is 4.94. The number of ether oxygens (including phenoxy) is 1. The number of fused-ring (bicyclic) bond motifs is 1. The van der Waals surface area contributed by atoms with Crippen molar-refractivity contribution in [3.8, 4) is 5.75 Å². The van der Waals surface area contributed by atoms with Crippen molar-refractivity contribution in [2.45, 2.75) is 11.8 Å². The number of benzene rings is 1. The van der Waals surface area contributed by atoms with Crippen LogP contribution in [0.5, 0.6) is 5.75 Å². The third-order valence-electron chi connectivity index (χ3n) is 2.24. The van der Waals surface area contributed by atoms with Crippen LogP contribution in [-0.4, -0.2) is 15.5 Å². The smallest absolute Gasteiger partial charge is 0.200 e. The summed E-state index contributed by atoms with van der Waals surface area (Å²) < 4.78 is 28.3. The molecule has 4 heteroatoms. The lowest BCUT2D eigenvalue weighted by Crippen LogP contribution is -1.95. The van der Waals surface area contributed by atoms with Crippen molar-refractivity contribution < 1.29 is 13.2 Å². The molecule has 0 aromatic heterocycles. The molecule has 2 rings (SSSR count). The maximum atomic E-state index is 11.6. The minimum absolute atomic E-state index is 0.342. The first-order chi connectivity index (χ1) is 6.56. The van der Waals surface area contributed by atoms with Gasteiger partial charge in [-0.1, -0.05) is 6.07 Å². The lowest BCUT2D eigenvalue weighted by Gasteiger charge is -2.06. The predicted octanol–water partition coefficient (Wildman–Crippen LogP) is 1.84. The molecule has 0 atom stereocenters. The van der Waals surface area contributed by atoms with Crippen LogP contribution < -0.4 is 4.74 Å². The molecule has 0 spiro atoms. The molecule has 0 radical (unpaired) electrons. The number of hydrogen-bond donors (Lipinski definition) is 0. The highest BCUT2D eigenvalue weighted by molar-refractivity contribution is 7.95. The van der Waals surface area contributed by atoms with Crippen LogP contribution in [-0.2, 0) is 9.84 Å². The van der Waals surface area contributed by atoms with Gasteiger partial charge in [-0.05, 0) is 24.6 Å². The average Bonchev–Trinajstić information content (AvgIpc) is 2.38. The summed E-state index contributed by atoms with van der Waals surface area (Å²) in [5, 5.41) is 1.28. The highest BCUT2D eigenvalue weighted by Crippen LogP contribution is 2.38. The SMILES string of the molecule is COc1cccc2c1C(C)=CS2(=O)=O. The summed E-state index contributed by atoms with van der Waals surface area (Å²) in [7, 11) is -1.69. The quantitative estimate of drug-likeness (QED) is 0.710. The molecule has 3 nitrogen and oxygen atoms in total. The zero-order valence-electron chi connectivity index (χ0n) is 7.94. The summed E-state index contributed by atoms with van der Waals surface area (Å²) in [4.78, 5) is 0.342. The Morgan fingerprint density at radius 3 is 2.64 bits per heavy atom. The molecule has 0 bridgehead atoms. The van der Waals surface area contributed by atoms with Crippen LogP contribution in [0.4, 0.5) is 0 Å². The zero-order valence-corrected chi connectivity index (χ0v) is 8.76. The number of sulfone groups is 1. The summed E-state index contributed by atoms with van der Waals surface area (Å²) in [5.41, 5.74) is 1.42. The van der Waals surface area contributed by atoms with Gasteiger partial charge in [-0.25, -0.2) is 8.42 Å². The summed E-state index contributed by atoms with van der Waals surface area (Å²) in [6.45, 7) is 1.77. The molecule has 1 aromatic carbocycles. The van der Waals surface area contributed by atoms with Gasteiger partial charge in [0.2, 0.25) is 9.84 Å². The van der Waals surface area contributed by atoms with E-state index in [0.717, 1.165) is 5.57 Å². The van der Waals surface area contributed by atoms with Crippen LogP contribution in [0.2, 0.25) is 0 Å². The fourth-order valence-electron chi connectivity index (χ4n) is 1.66. The van der Waals surface area contributed by atoms with Crippen molar-refractivity contribution in [2.75, 3.05) is 7.11 Å². The van der Waals surface area contributed by atoms with Gasteiger partial charge in [-0.15, -0.1) is 0 Å². The van der Waals surface area contributed by atoms with E-state index in [0.29, 0.717) is 16.2 Å². The predicted molar refractivity (Wildman–Crippen MR) is 53.8 cm³/mol. The lowest BCUT2D eigenvalue weighted by atomic mass is 10.1. The Hall–Kier alpha value is -1.29. The van der Waals surface area contributed by atoms with Crippen molar-refractivity contribution >= 4 is 15.4 Å². The van der Waals surface area contributed by atoms with Gasteiger partial charge in [-0.3, -0.25) is 0 Å². The van der Waals surface area contributed by atoms with Crippen molar-refractivity contribution in [2.24, 2.45) is 0 Å². The maximum absolute atomic E-state index is 11.6. The zero-order chi connectivity index (χ0) is 10.3. The molecule has 0 saturated carbocycles.